The summed E-state index contributed by atoms with van der Waals surface area (Å²) < 4.78 is 11.4. The molecule has 0 aliphatic heterocycles. The van der Waals surface area contributed by atoms with Crippen molar-refractivity contribution in [1.82, 2.24) is 9.88 Å². The SMILES string of the molecule is CN(C(=O)OCC1c2ccccc2-c2ccccc21)C(Cc1cncc(Cl)c1)C(=O)OC(C)(C)C. The Bertz CT molecular complexity index is 1190. The highest BCUT2D eigenvalue weighted by Crippen LogP contribution is 2.44. The lowest BCUT2D eigenvalue weighted by atomic mass is 9.98. The van der Waals surface area contributed by atoms with Crippen molar-refractivity contribution in [1.29, 1.82) is 0 Å². The van der Waals surface area contributed by atoms with Crippen LogP contribution < -0.4 is 0 Å². The van der Waals surface area contributed by atoms with Gasteiger partial charge in [0, 0.05) is 31.8 Å². The molecule has 6 nitrogen and oxygen atoms in total. The Morgan fingerprint density at radius 3 is 2.20 bits per heavy atom. The summed E-state index contributed by atoms with van der Waals surface area (Å²) in [4.78, 5) is 31.6. The number of nitrogens with zero attached hydrogens (tertiary/aromatic N) is 2. The van der Waals surface area contributed by atoms with Crippen molar-refractivity contribution in [2.75, 3.05) is 13.7 Å². The van der Waals surface area contributed by atoms with Gasteiger partial charge in [-0.25, -0.2) is 9.59 Å². The van der Waals surface area contributed by atoms with Gasteiger partial charge in [-0.15, -0.1) is 0 Å². The summed E-state index contributed by atoms with van der Waals surface area (Å²) in [5.41, 5.74) is 4.56. The van der Waals surface area contributed by atoms with Gasteiger partial charge in [-0.05, 0) is 54.7 Å². The molecule has 0 fully saturated rings. The normalized spacial score (nSPS) is 13.5. The number of hydrogen-bond donors (Lipinski definition) is 0. The average molecular weight is 493 g/mol. The third-order valence-electron chi connectivity index (χ3n) is 5.96. The van der Waals surface area contributed by atoms with E-state index in [4.69, 9.17) is 21.1 Å². The van der Waals surface area contributed by atoms with E-state index in [0.717, 1.165) is 22.3 Å². The smallest absolute Gasteiger partial charge is 0.410 e. The number of rotatable bonds is 6. The second-order valence-electron chi connectivity index (χ2n) is 9.68. The summed E-state index contributed by atoms with van der Waals surface area (Å²) in [7, 11) is 1.55. The van der Waals surface area contributed by atoms with E-state index in [1.165, 1.54) is 11.1 Å². The van der Waals surface area contributed by atoms with E-state index in [1.807, 2.05) is 24.3 Å². The molecule has 0 N–H and O–H groups in total. The molecular formula is C28H29ClN2O4. The molecule has 35 heavy (non-hydrogen) atoms. The van der Waals surface area contributed by atoms with Gasteiger partial charge in [-0.3, -0.25) is 9.88 Å². The molecule has 1 amide bonds. The van der Waals surface area contributed by atoms with Crippen LogP contribution in [0.4, 0.5) is 4.79 Å². The van der Waals surface area contributed by atoms with Gasteiger partial charge in [0.25, 0.3) is 0 Å². The zero-order valence-corrected chi connectivity index (χ0v) is 21.1. The molecule has 0 saturated heterocycles. The van der Waals surface area contributed by atoms with E-state index in [-0.39, 0.29) is 18.9 Å². The Kier molecular flexibility index (Phi) is 7.13. The van der Waals surface area contributed by atoms with E-state index < -0.39 is 23.7 Å². The van der Waals surface area contributed by atoms with Crippen LogP contribution in [0.5, 0.6) is 0 Å². The van der Waals surface area contributed by atoms with Crippen LogP contribution in [0.25, 0.3) is 11.1 Å². The number of carbonyl (C=O) groups excluding carboxylic acids is 2. The second-order valence-corrected chi connectivity index (χ2v) is 10.1. The number of esters is 1. The zero-order valence-electron chi connectivity index (χ0n) is 20.3. The Hall–Kier alpha value is -3.38. The molecule has 182 valence electrons. The van der Waals surface area contributed by atoms with Crippen LogP contribution in [-0.4, -0.2) is 47.2 Å². The topological polar surface area (TPSA) is 68.7 Å². The number of hydrogen-bond acceptors (Lipinski definition) is 5. The molecule has 4 rings (SSSR count). The second kappa shape index (κ2) is 10.1. The molecule has 2 aromatic carbocycles. The predicted molar refractivity (Wildman–Crippen MR) is 135 cm³/mol. The molecule has 1 atom stereocenters. The number of carbonyl (C=O) groups is 2. The molecule has 3 aromatic rings. The molecule has 1 aromatic heterocycles. The van der Waals surface area contributed by atoms with Crippen LogP contribution in [0.3, 0.4) is 0 Å². The monoisotopic (exact) mass is 492 g/mol. The summed E-state index contributed by atoms with van der Waals surface area (Å²) in [5.74, 6) is -0.592. The van der Waals surface area contributed by atoms with Crippen LogP contribution >= 0.6 is 11.6 Å². The number of aromatic nitrogens is 1. The number of halogens is 1. The summed E-state index contributed by atoms with van der Waals surface area (Å²) in [6.07, 6.45) is 2.73. The number of likely N-dealkylation sites (N-methyl/N-ethyl adjacent to an activating group) is 1. The molecule has 1 heterocycles. The maximum absolute atomic E-state index is 13.1. The third-order valence-corrected chi connectivity index (χ3v) is 6.17. The van der Waals surface area contributed by atoms with Gasteiger partial charge < -0.3 is 9.47 Å². The minimum absolute atomic E-state index is 0.0724. The van der Waals surface area contributed by atoms with Gasteiger partial charge in [-0.2, -0.15) is 0 Å². The summed E-state index contributed by atoms with van der Waals surface area (Å²) >= 11 is 6.08. The molecule has 0 bridgehead atoms. The summed E-state index contributed by atoms with van der Waals surface area (Å²) in [6, 6.07) is 17.1. The van der Waals surface area contributed by atoms with Crippen LogP contribution in [-0.2, 0) is 20.7 Å². The summed E-state index contributed by atoms with van der Waals surface area (Å²) in [5, 5.41) is 0.453. The van der Waals surface area contributed by atoms with Gasteiger partial charge in [0.2, 0.25) is 0 Å². The Morgan fingerprint density at radius 2 is 1.63 bits per heavy atom. The number of ether oxygens (including phenoxy) is 2. The fourth-order valence-corrected chi connectivity index (χ4v) is 4.56. The maximum atomic E-state index is 13.1. The van der Waals surface area contributed by atoms with Gasteiger partial charge in [0.05, 0.1) is 5.02 Å². The van der Waals surface area contributed by atoms with Gasteiger partial charge in [0.15, 0.2) is 0 Å². The number of pyridine rings is 1. The average Bonchev–Trinajstić information content (AvgIpc) is 3.13. The molecule has 0 spiro atoms. The minimum Gasteiger partial charge on any atom is -0.458 e. The van der Waals surface area contributed by atoms with Crippen molar-refractivity contribution in [2.24, 2.45) is 0 Å². The molecule has 0 radical (unpaired) electrons. The molecule has 0 saturated carbocycles. The first-order valence-electron chi connectivity index (χ1n) is 11.5. The lowest BCUT2D eigenvalue weighted by molar-refractivity contribution is -0.160. The highest BCUT2D eigenvalue weighted by atomic mass is 35.5. The standard InChI is InChI=1S/C28H29ClN2O4/c1-28(2,3)35-26(32)25(14-18-13-19(29)16-30-15-18)31(4)27(33)34-17-24-22-11-7-5-9-20(22)21-10-6-8-12-23(21)24/h5-13,15-16,24-25H,14,17H2,1-4H3. The van der Waals surface area contributed by atoms with E-state index >= 15 is 0 Å². The van der Waals surface area contributed by atoms with Crippen LogP contribution in [0.15, 0.2) is 67.0 Å². The lowest BCUT2D eigenvalue weighted by Gasteiger charge is -2.30. The minimum atomic E-state index is -0.898. The lowest BCUT2D eigenvalue weighted by Crippen LogP contribution is -2.47. The van der Waals surface area contributed by atoms with E-state index in [1.54, 1.807) is 40.1 Å². The fraction of sp³-hybridized carbons (Fsp3) is 0.321. The van der Waals surface area contributed by atoms with Gasteiger partial charge >= 0.3 is 12.1 Å². The van der Waals surface area contributed by atoms with Crippen LogP contribution in [0, 0.1) is 0 Å². The quantitative estimate of drug-likeness (QED) is 0.402. The molecule has 1 aliphatic carbocycles. The first-order chi connectivity index (χ1) is 16.6. The molecule has 1 unspecified atom stereocenters. The highest BCUT2D eigenvalue weighted by molar-refractivity contribution is 6.30. The van der Waals surface area contributed by atoms with E-state index in [9.17, 15) is 9.59 Å². The van der Waals surface area contributed by atoms with Crippen molar-refractivity contribution in [3.05, 3.63) is 88.7 Å². The number of amides is 1. The Balaban J connectivity index is 1.52. The number of fused-ring (bicyclic) bond motifs is 3. The fourth-order valence-electron chi connectivity index (χ4n) is 4.36. The first-order valence-corrected chi connectivity index (χ1v) is 11.9. The third kappa shape index (κ3) is 5.65. The van der Waals surface area contributed by atoms with Crippen molar-refractivity contribution < 1.29 is 19.1 Å². The Labute approximate surface area is 210 Å². The molecular weight excluding hydrogens is 464 g/mol. The van der Waals surface area contributed by atoms with Crippen molar-refractivity contribution in [3.63, 3.8) is 0 Å². The van der Waals surface area contributed by atoms with Gasteiger partial charge in [-0.1, -0.05) is 60.1 Å². The van der Waals surface area contributed by atoms with E-state index in [0.29, 0.717) is 10.6 Å². The maximum Gasteiger partial charge on any atom is 0.410 e. The Morgan fingerprint density at radius 1 is 1.03 bits per heavy atom. The van der Waals surface area contributed by atoms with Crippen LogP contribution in [0.2, 0.25) is 5.02 Å². The van der Waals surface area contributed by atoms with E-state index in [2.05, 4.69) is 29.2 Å². The largest absolute Gasteiger partial charge is 0.458 e. The first kappa shape index (κ1) is 24.7. The molecule has 7 heteroatoms. The molecule has 1 aliphatic rings. The number of benzene rings is 2. The summed E-state index contributed by atoms with van der Waals surface area (Å²) in [6.45, 7) is 5.53. The van der Waals surface area contributed by atoms with Crippen molar-refractivity contribution in [2.45, 2.75) is 44.8 Å². The van der Waals surface area contributed by atoms with Crippen molar-refractivity contribution >= 4 is 23.7 Å². The van der Waals surface area contributed by atoms with Crippen molar-refractivity contribution in [3.8, 4) is 11.1 Å². The predicted octanol–water partition coefficient (Wildman–Crippen LogP) is 5.87. The zero-order chi connectivity index (χ0) is 25.2. The highest BCUT2D eigenvalue weighted by Gasteiger charge is 2.34. The van der Waals surface area contributed by atoms with Gasteiger partial charge in [0.1, 0.15) is 18.2 Å². The van der Waals surface area contributed by atoms with Crippen LogP contribution in [0.1, 0.15) is 43.4 Å².